The predicted octanol–water partition coefficient (Wildman–Crippen LogP) is 1.32. The van der Waals surface area contributed by atoms with Gasteiger partial charge in [0, 0.05) is 25.0 Å². The van der Waals surface area contributed by atoms with E-state index in [4.69, 9.17) is 0 Å². The topological polar surface area (TPSA) is 131 Å². The quantitative estimate of drug-likeness (QED) is 0.314. The van der Waals surface area contributed by atoms with Gasteiger partial charge in [-0.1, -0.05) is 60.7 Å². The Morgan fingerprint density at radius 1 is 1.12 bits per heavy atom. The molecule has 4 N–H and O–H groups in total. The predicted molar refractivity (Wildman–Crippen MR) is 127 cm³/mol. The molecule has 3 rings (SSSR count). The lowest BCUT2D eigenvalue weighted by Crippen LogP contribution is -2.53. The summed E-state index contributed by atoms with van der Waals surface area (Å²) >= 11 is 0. The maximum absolute atomic E-state index is 13.2. The summed E-state index contributed by atoms with van der Waals surface area (Å²) in [5.41, 5.74) is 1.68. The minimum absolute atomic E-state index is 0.131. The van der Waals surface area contributed by atoms with Gasteiger partial charge in [0.25, 0.3) is 0 Å². The fourth-order valence-electron chi connectivity index (χ4n) is 3.83. The van der Waals surface area contributed by atoms with E-state index in [1.807, 2.05) is 60.7 Å². The van der Waals surface area contributed by atoms with Gasteiger partial charge in [-0.15, -0.1) is 0 Å². The maximum Gasteiger partial charge on any atom is 0.244 e. The highest BCUT2D eigenvalue weighted by Gasteiger charge is 2.33. The molecule has 176 valence electrons. The van der Waals surface area contributed by atoms with Crippen molar-refractivity contribution in [3.8, 4) is 6.07 Å². The summed E-state index contributed by atoms with van der Waals surface area (Å²) in [5.74, 6) is -1.55. The van der Waals surface area contributed by atoms with E-state index in [1.165, 1.54) is 6.08 Å². The Morgan fingerprint density at radius 3 is 2.41 bits per heavy atom. The van der Waals surface area contributed by atoms with Crippen LogP contribution in [-0.2, 0) is 20.8 Å². The summed E-state index contributed by atoms with van der Waals surface area (Å²) in [6.45, 7) is 0.521. The zero-order valence-corrected chi connectivity index (χ0v) is 18.7. The van der Waals surface area contributed by atoms with Crippen LogP contribution in [0.25, 0.3) is 6.08 Å². The molecule has 0 bridgehead atoms. The van der Waals surface area contributed by atoms with Crippen molar-refractivity contribution in [3.63, 3.8) is 0 Å². The first kappa shape index (κ1) is 24.7. The molecular formula is C26H28N4O4. The second-order valence-corrected chi connectivity index (χ2v) is 8.20. The first-order valence-electron chi connectivity index (χ1n) is 11.2. The number of aliphatic hydroxyl groups is 1. The van der Waals surface area contributed by atoms with E-state index < -0.39 is 35.9 Å². The Morgan fingerprint density at radius 2 is 1.79 bits per heavy atom. The first-order valence-corrected chi connectivity index (χ1v) is 11.2. The highest BCUT2D eigenvalue weighted by atomic mass is 16.3. The third kappa shape index (κ3) is 7.29. The fourth-order valence-corrected chi connectivity index (χ4v) is 3.83. The highest BCUT2D eigenvalue weighted by molar-refractivity contribution is 5.95. The SMILES string of the molecule is N#C[C@H](O)[C@H](C[C@@H]1CCNC1=O)NC(=O)[C@H](Cc1ccccc1)NC(=O)/C=C/c1ccccc1. The van der Waals surface area contributed by atoms with Gasteiger partial charge in [0.15, 0.2) is 6.10 Å². The van der Waals surface area contributed by atoms with Crippen molar-refractivity contribution in [1.29, 1.82) is 5.26 Å². The van der Waals surface area contributed by atoms with Crippen molar-refractivity contribution < 1.29 is 19.5 Å². The lowest BCUT2D eigenvalue weighted by atomic mass is 9.94. The molecule has 0 unspecified atom stereocenters. The van der Waals surface area contributed by atoms with Crippen LogP contribution in [0.1, 0.15) is 24.0 Å². The minimum Gasteiger partial charge on any atom is -0.376 e. The Bertz CT molecular complexity index is 1050. The van der Waals surface area contributed by atoms with Gasteiger partial charge in [-0.2, -0.15) is 5.26 Å². The molecule has 1 aliphatic heterocycles. The number of carbonyl (C=O) groups is 3. The minimum atomic E-state index is -1.48. The normalized spacial score (nSPS) is 17.9. The second kappa shape index (κ2) is 12.3. The molecule has 2 aromatic carbocycles. The molecule has 0 aliphatic carbocycles. The van der Waals surface area contributed by atoms with E-state index in [1.54, 1.807) is 12.1 Å². The molecule has 0 radical (unpaired) electrons. The van der Waals surface area contributed by atoms with E-state index in [9.17, 15) is 24.8 Å². The summed E-state index contributed by atoms with van der Waals surface area (Å²) in [4.78, 5) is 37.7. The molecular weight excluding hydrogens is 432 g/mol. The number of nitrogens with one attached hydrogen (secondary N) is 3. The molecule has 1 heterocycles. The summed E-state index contributed by atoms with van der Waals surface area (Å²) in [7, 11) is 0. The Labute approximate surface area is 198 Å². The smallest absolute Gasteiger partial charge is 0.244 e. The number of hydrogen-bond donors (Lipinski definition) is 4. The molecule has 1 fully saturated rings. The molecule has 8 nitrogen and oxygen atoms in total. The van der Waals surface area contributed by atoms with Crippen molar-refractivity contribution >= 4 is 23.8 Å². The molecule has 34 heavy (non-hydrogen) atoms. The number of carbonyl (C=O) groups excluding carboxylic acids is 3. The Kier molecular flexibility index (Phi) is 8.95. The van der Waals surface area contributed by atoms with E-state index in [0.29, 0.717) is 13.0 Å². The van der Waals surface area contributed by atoms with Crippen LogP contribution in [0.2, 0.25) is 0 Å². The lowest BCUT2D eigenvalue weighted by Gasteiger charge is -2.25. The zero-order chi connectivity index (χ0) is 24.3. The monoisotopic (exact) mass is 460 g/mol. The van der Waals surface area contributed by atoms with Crippen molar-refractivity contribution in [2.75, 3.05) is 6.54 Å². The molecule has 2 aromatic rings. The van der Waals surface area contributed by atoms with E-state index in [-0.39, 0.29) is 18.7 Å². The average molecular weight is 461 g/mol. The third-order valence-corrected chi connectivity index (χ3v) is 5.68. The van der Waals surface area contributed by atoms with Crippen molar-refractivity contribution in [1.82, 2.24) is 16.0 Å². The molecule has 8 heteroatoms. The van der Waals surface area contributed by atoms with Crippen molar-refractivity contribution in [2.45, 2.75) is 37.5 Å². The van der Waals surface area contributed by atoms with E-state index >= 15 is 0 Å². The number of amides is 3. The van der Waals surface area contributed by atoms with Gasteiger partial charge in [0.1, 0.15) is 6.04 Å². The van der Waals surface area contributed by atoms with Crippen molar-refractivity contribution in [2.24, 2.45) is 5.92 Å². The summed E-state index contributed by atoms with van der Waals surface area (Å²) in [6.07, 6.45) is 2.43. The van der Waals surface area contributed by atoms with E-state index in [2.05, 4.69) is 16.0 Å². The van der Waals surface area contributed by atoms with Gasteiger partial charge in [-0.05, 0) is 30.0 Å². The second-order valence-electron chi connectivity index (χ2n) is 8.20. The molecule has 3 amide bonds. The van der Waals surface area contributed by atoms with Crippen LogP contribution in [0.3, 0.4) is 0 Å². The molecule has 1 aliphatic rings. The number of rotatable bonds is 10. The van der Waals surface area contributed by atoms with Crippen molar-refractivity contribution in [3.05, 3.63) is 77.9 Å². The van der Waals surface area contributed by atoms with Gasteiger partial charge < -0.3 is 21.1 Å². The summed E-state index contributed by atoms with van der Waals surface area (Å²) in [5, 5.41) is 27.5. The van der Waals surface area contributed by atoms with Crippen LogP contribution in [0.5, 0.6) is 0 Å². The average Bonchev–Trinajstić information content (AvgIpc) is 3.26. The molecule has 4 atom stereocenters. The van der Waals surface area contributed by atoms with Crippen LogP contribution < -0.4 is 16.0 Å². The summed E-state index contributed by atoms with van der Waals surface area (Å²) in [6, 6.07) is 18.4. The van der Waals surface area contributed by atoms with Crippen LogP contribution in [0.15, 0.2) is 66.7 Å². The molecule has 0 aromatic heterocycles. The van der Waals surface area contributed by atoms with Gasteiger partial charge in [-0.3, -0.25) is 14.4 Å². The fraction of sp³-hybridized carbons (Fsp3) is 0.308. The van der Waals surface area contributed by atoms with Gasteiger partial charge in [-0.25, -0.2) is 0 Å². The Balaban J connectivity index is 1.73. The number of benzene rings is 2. The van der Waals surface area contributed by atoms with Gasteiger partial charge >= 0.3 is 0 Å². The molecule has 1 saturated heterocycles. The highest BCUT2D eigenvalue weighted by Crippen LogP contribution is 2.18. The van der Waals surface area contributed by atoms with Crippen LogP contribution >= 0.6 is 0 Å². The lowest BCUT2D eigenvalue weighted by molar-refractivity contribution is -0.128. The third-order valence-electron chi connectivity index (χ3n) is 5.68. The first-order chi connectivity index (χ1) is 16.5. The summed E-state index contributed by atoms with van der Waals surface area (Å²) < 4.78 is 0. The van der Waals surface area contributed by atoms with Crippen LogP contribution in [0.4, 0.5) is 0 Å². The van der Waals surface area contributed by atoms with Crippen LogP contribution in [0, 0.1) is 17.2 Å². The van der Waals surface area contributed by atoms with E-state index in [0.717, 1.165) is 11.1 Å². The van der Waals surface area contributed by atoms with Gasteiger partial charge in [0.05, 0.1) is 12.1 Å². The van der Waals surface area contributed by atoms with Gasteiger partial charge in [0.2, 0.25) is 17.7 Å². The standard InChI is InChI=1S/C26H28N4O4/c27-17-23(31)21(16-20-13-14-28-25(20)33)30-26(34)22(15-19-9-5-2-6-10-19)29-24(32)12-11-18-7-3-1-4-8-18/h1-12,20-23,31H,13-16H2,(H,28,33)(H,29,32)(H,30,34)/b12-11+/t20-,21-,22-,23-/m0/s1. The zero-order valence-electron chi connectivity index (χ0n) is 18.7. The number of aliphatic hydroxyl groups excluding tert-OH is 1. The molecule has 0 saturated carbocycles. The Hall–Kier alpha value is -3.96. The number of nitriles is 1. The maximum atomic E-state index is 13.2. The van der Waals surface area contributed by atoms with Crippen LogP contribution in [-0.4, -0.2) is 47.6 Å². The number of hydrogen-bond acceptors (Lipinski definition) is 5. The number of nitrogens with zero attached hydrogens (tertiary/aromatic N) is 1. The largest absolute Gasteiger partial charge is 0.376 e. The molecule has 0 spiro atoms.